The fourth-order valence-corrected chi connectivity index (χ4v) is 6.52. The summed E-state index contributed by atoms with van der Waals surface area (Å²) in [6, 6.07) is 30.7. The molecular weight excluding hydrogens is 582 g/mol. The number of nitrogens with zero attached hydrogens (tertiary/aromatic N) is 1. The minimum atomic E-state index is -1.41. The first kappa shape index (κ1) is 29.3. The Morgan fingerprint density at radius 2 is 1.14 bits per heavy atom. The normalized spacial score (nSPS) is 22.8. The number of thioether (sulfide) groups is 1. The Bertz CT molecular complexity index is 1630. The predicted molar refractivity (Wildman–Crippen MR) is 160 cm³/mol. The fourth-order valence-electron chi connectivity index (χ4n) is 5.33. The Balaban J connectivity index is 1.46. The van der Waals surface area contributed by atoms with Crippen LogP contribution in [0.25, 0.3) is 0 Å². The first-order valence-electron chi connectivity index (χ1n) is 13.9. The van der Waals surface area contributed by atoms with E-state index >= 15 is 0 Å². The quantitative estimate of drug-likeness (QED) is 0.226. The lowest BCUT2D eigenvalue weighted by atomic mass is 9.95. The van der Waals surface area contributed by atoms with Gasteiger partial charge in [-0.2, -0.15) is 0 Å². The summed E-state index contributed by atoms with van der Waals surface area (Å²) in [6.07, 6.45) is -3.96. The van der Waals surface area contributed by atoms with Gasteiger partial charge in [-0.05, 0) is 48.5 Å². The van der Waals surface area contributed by atoms with Crippen LogP contribution < -0.4 is 0 Å². The molecule has 0 spiro atoms. The molecule has 0 bridgehead atoms. The number of ether oxygens (including phenoxy) is 3. The van der Waals surface area contributed by atoms with Gasteiger partial charge in [-0.1, -0.05) is 78.5 Å². The lowest BCUT2D eigenvalue weighted by Crippen LogP contribution is -2.66. The highest BCUT2D eigenvalue weighted by Crippen LogP contribution is 2.41. The second-order valence-corrected chi connectivity index (χ2v) is 11.3. The number of amides is 2. The number of imide groups is 1. The van der Waals surface area contributed by atoms with Crippen LogP contribution in [0, 0.1) is 0 Å². The molecule has 2 aliphatic rings. The van der Waals surface area contributed by atoms with Crippen LogP contribution in [0.4, 0.5) is 0 Å². The molecule has 0 aliphatic carbocycles. The summed E-state index contributed by atoms with van der Waals surface area (Å²) in [4.78, 5) is 56.3. The Morgan fingerprint density at radius 3 is 1.64 bits per heavy atom. The molecule has 0 unspecified atom stereocenters. The topological polar surface area (TPSA) is 119 Å². The molecular formula is C34H27NO8S. The molecule has 10 heteroatoms. The van der Waals surface area contributed by atoms with Crippen LogP contribution >= 0.6 is 11.8 Å². The summed E-state index contributed by atoms with van der Waals surface area (Å²) in [7, 11) is 0. The molecule has 6 rings (SSSR count). The average molecular weight is 610 g/mol. The summed E-state index contributed by atoms with van der Waals surface area (Å²) >= 11 is 1.19. The van der Waals surface area contributed by atoms with E-state index in [9.17, 15) is 24.3 Å². The van der Waals surface area contributed by atoms with Crippen molar-refractivity contribution in [1.82, 2.24) is 4.90 Å². The van der Waals surface area contributed by atoms with Gasteiger partial charge < -0.3 is 19.3 Å². The third kappa shape index (κ3) is 5.74. The van der Waals surface area contributed by atoms with Crippen LogP contribution in [0.5, 0.6) is 0 Å². The van der Waals surface area contributed by atoms with Crippen LogP contribution in [-0.2, 0) is 14.2 Å². The average Bonchev–Trinajstić information content (AvgIpc) is 3.32. The standard InChI is InChI=1S/C34H27NO8S/c36-20-26-28(42-32(39)21-12-4-1-5-13-21)29(43-33(40)22-14-6-2-7-15-22)27(34(41-26)44-23-16-8-3-9-17-23)35-30(37)24-18-10-11-19-25(24)31(35)38/h1-19,26-29,34,36H,20H2/t26-,27-,28-,29-,34+/m1/s1. The summed E-state index contributed by atoms with van der Waals surface area (Å²) < 4.78 is 18.3. The van der Waals surface area contributed by atoms with E-state index in [4.69, 9.17) is 14.2 Å². The Hall–Kier alpha value is -4.77. The van der Waals surface area contributed by atoms with Gasteiger partial charge in [-0.15, -0.1) is 0 Å². The molecule has 2 heterocycles. The van der Waals surface area contributed by atoms with Gasteiger partial charge in [0, 0.05) is 4.90 Å². The minimum Gasteiger partial charge on any atom is -0.452 e. The van der Waals surface area contributed by atoms with Gasteiger partial charge in [0.15, 0.2) is 12.2 Å². The van der Waals surface area contributed by atoms with Crippen LogP contribution in [0.2, 0.25) is 0 Å². The maximum atomic E-state index is 13.8. The zero-order chi connectivity index (χ0) is 30.6. The van der Waals surface area contributed by atoms with E-state index in [2.05, 4.69) is 0 Å². The van der Waals surface area contributed by atoms with E-state index in [1.807, 2.05) is 30.3 Å². The number of fused-ring (bicyclic) bond motifs is 1. The number of esters is 2. The van der Waals surface area contributed by atoms with Gasteiger partial charge in [0.25, 0.3) is 11.8 Å². The van der Waals surface area contributed by atoms with Crippen molar-refractivity contribution in [1.29, 1.82) is 0 Å². The summed E-state index contributed by atoms with van der Waals surface area (Å²) in [6.45, 7) is -0.604. The Kier molecular flexibility index (Phi) is 8.56. The zero-order valence-corrected chi connectivity index (χ0v) is 24.0. The van der Waals surface area contributed by atoms with E-state index in [1.165, 1.54) is 11.8 Å². The SMILES string of the molecule is O=C(O[C@H]1[C@H](OC(=O)c2ccccc2)[C@@H](CO)O[C@@H](Sc2ccccc2)[C@@H]1N1C(=O)c2ccccc2C1=O)c1ccccc1. The highest BCUT2D eigenvalue weighted by molar-refractivity contribution is 7.99. The zero-order valence-electron chi connectivity index (χ0n) is 23.2. The van der Waals surface area contributed by atoms with E-state index in [0.29, 0.717) is 0 Å². The van der Waals surface area contributed by atoms with Crippen LogP contribution in [0.1, 0.15) is 41.4 Å². The molecule has 0 radical (unpaired) electrons. The van der Waals surface area contributed by atoms with Gasteiger partial charge >= 0.3 is 11.9 Å². The number of aliphatic hydroxyl groups excluding tert-OH is 1. The number of aliphatic hydroxyl groups is 1. The smallest absolute Gasteiger partial charge is 0.338 e. The van der Waals surface area contributed by atoms with E-state index in [-0.39, 0.29) is 22.3 Å². The molecule has 1 saturated heterocycles. The Labute approximate surface area is 257 Å². The van der Waals surface area contributed by atoms with Crippen molar-refractivity contribution in [3.8, 4) is 0 Å². The van der Waals surface area contributed by atoms with E-state index in [1.54, 1.807) is 84.9 Å². The highest BCUT2D eigenvalue weighted by atomic mass is 32.2. The predicted octanol–water partition coefficient (Wildman–Crippen LogP) is 4.61. The van der Waals surface area contributed by atoms with Gasteiger partial charge in [-0.25, -0.2) is 9.59 Å². The molecule has 222 valence electrons. The molecule has 9 nitrogen and oxygen atoms in total. The number of carbonyl (C=O) groups is 4. The van der Waals surface area contributed by atoms with Crippen LogP contribution in [0.3, 0.4) is 0 Å². The molecule has 4 aromatic rings. The summed E-state index contributed by atoms with van der Waals surface area (Å²) in [5.74, 6) is -2.72. The fraction of sp³-hybridized carbons (Fsp3) is 0.176. The first-order chi connectivity index (χ1) is 21.5. The lowest BCUT2D eigenvalue weighted by molar-refractivity contribution is -0.184. The maximum Gasteiger partial charge on any atom is 0.338 e. The van der Waals surface area contributed by atoms with Crippen molar-refractivity contribution < 1.29 is 38.5 Å². The molecule has 4 aromatic carbocycles. The molecule has 0 saturated carbocycles. The molecule has 5 atom stereocenters. The Morgan fingerprint density at radius 1 is 0.682 bits per heavy atom. The summed E-state index contributed by atoms with van der Waals surface area (Å²) in [5.41, 5.74) is -0.208. The maximum absolute atomic E-state index is 13.8. The lowest BCUT2D eigenvalue weighted by Gasteiger charge is -2.47. The van der Waals surface area contributed by atoms with Gasteiger partial charge in [0.05, 0.1) is 28.9 Å². The van der Waals surface area contributed by atoms with E-state index < -0.39 is 60.1 Å². The van der Waals surface area contributed by atoms with Gasteiger partial charge in [-0.3, -0.25) is 14.5 Å². The van der Waals surface area contributed by atoms with Crippen molar-refractivity contribution in [2.24, 2.45) is 0 Å². The third-order valence-electron chi connectivity index (χ3n) is 7.42. The second-order valence-electron chi connectivity index (χ2n) is 10.1. The number of carbonyl (C=O) groups excluding carboxylic acids is 4. The van der Waals surface area contributed by atoms with Crippen molar-refractivity contribution in [3.05, 3.63) is 138 Å². The monoisotopic (exact) mass is 609 g/mol. The second kappa shape index (κ2) is 12.8. The minimum absolute atomic E-state index is 0.191. The van der Waals surface area contributed by atoms with Crippen LogP contribution in [-0.4, -0.2) is 70.2 Å². The molecule has 0 aromatic heterocycles. The summed E-state index contributed by atoms with van der Waals surface area (Å²) in [5, 5.41) is 10.5. The van der Waals surface area contributed by atoms with Crippen molar-refractivity contribution in [2.45, 2.75) is 34.7 Å². The molecule has 2 amide bonds. The first-order valence-corrected chi connectivity index (χ1v) is 14.8. The largest absolute Gasteiger partial charge is 0.452 e. The highest BCUT2D eigenvalue weighted by Gasteiger charge is 2.57. The molecule has 2 aliphatic heterocycles. The van der Waals surface area contributed by atoms with Crippen molar-refractivity contribution in [3.63, 3.8) is 0 Å². The van der Waals surface area contributed by atoms with Crippen molar-refractivity contribution in [2.75, 3.05) is 6.61 Å². The number of hydrogen-bond donors (Lipinski definition) is 1. The number of hydrogen-bond acceptors (Lipinski definition) is 9. The number of benzene rings is 4. The van der Waals surface area contributed by atoms with Gasteiger partial charge in [0.2, 0.25) is 0 Å². The third-order valence-corrected chi connectivity index (χ3v) is 8.59. The number of rotatable bonds is 8. The van der Waals surface area contributed by atoms with Gasteiger partial charge in [0.1, 0.15) is 17.6 Å². The van der Waals surface area contributed by atoms with Crippen molar-refractivity contribution >= 4 is 35.5 Å². The molecule has 1 N–H and O–H groups in total. The molecule has 1 fully saturated rings. The van der Waals surface area contributed by atoms with Crippen LogP contribution in [0.15, 0.2) is 120 Å². The molecule has 44 heavy (non-hydrogen) atoms. The van der Waals surface area contributed by atoms with E-state index in [0.717, 1.165) is 9.80 Å².